The fourth-order valence-corrected chi connectivity index (χ4v) is 2.28. The van der Waals surface area contributed by atoms with Gasteiger partial charge in [0.1, 0.15) is 0 Å². The third-order valence-corrected chi connectivity index (χ3v) is 3.72. The summed E-state index contributed by atoms with van der Waals surface area (Å²) >= 11 is 0. The summed E-state index contributed by atoms with van der Waals surface area (Å²) in [4.78, 5) is 2.53. The molecule has 0 aromatic rings. The average molecular weight is 214 g/mol. The number of unbranched alkanes of at least 4 members (excludes halogenated alkanes) is 2. The third-order valence-electron chi connectivity index (χ3n) is 3.72. The lowest BCUT2D eigenvalue weighted by Crippen LogP contribution is -2.54. The molecule has 0 spiro atoms. The highest BCUT2D eigenvalue weighted by molar-refractivity contribution is 4.91. The Hall–Kier alpha value is -0.120. The zero-order valence-electron chi connectivity index (χ0n) is 10.3. The quantitative estimate of drug-likeness (QED) is 0.653. The van der Waals surface area contributed by atoms with Crippen molar-refractivity contribution >= 4 is 0 Å². The van der Waals surface area contributed by atoms with Crippen molar-refractivity contribution in [2.75, 3.05) is 33.3 Å². The maximum Gasteiger partial charge on any atom is 0.0614 e. The Morgan fingerprint density at radius 1 is 1.27 bits per heavy atom. The molecule has 3 nitrogen and oxygen atoms in total. The van der Waals surface area contributed by atoms with E-state index in [1.165, 1.54) is 25.8 Å². The lowest BCUT2D eigenvalue weighted by molar-refractivity contribution is 0.0836. The normalized spacial score (nSPS) is 21.8. The van der Waals surface area contributed by atoms with Gasteiger partial charge in [-0.1, -0.05) is 19.8 Å². The molecule has 1 aliphatic rings. The molecule has 2 N–H and O–H groups in total. The molecule has 0 bridgehead atoms. The van der Waals surface area contributed by atoms with Gasteiger partial charge in [0.25, 0.3) is 0 Å². The van der Waals surface area contributed by atoms with Crippen LogP contribution in [0.4, 0.5) is 0 Å². The smallest absolute Gasteiger partial charge is 0.0614 e. The van der Waals surface area contributed by atoms with Crippen molar-refractivity contribution < 1.29 is 5.11 Å². The molecule has 1 heterocycles. The molecular formula is C12H26N2O. The van der Waals surface area contributed by atoms with Gasteiger partial charge in [-0.15, -0.1) is 0 Å². The zero-order chi connectivity index (χ0) is 11.1. The lowest BCUT2D eigenvalue weighted by Gasteiger charge is -2.40. The van der Waals surface area contributed by atoms with E-state index in [1.807, 2.05) is 7.05 Å². The highest BCUT2D eigenvalue weighted by Crippen LogP contribution is 2.21. The van der Waals surface area contributed by atoms with Gasteiger partial charge in [0.2, 0.25) is 0 Å². The summed E-state index contributed by atoms with van der Waals surface area (Å²) in [6, 6.07) is 0. The van der Waals surface area contributed by atoms with E-state index < -0.39 is 0 Å². The SMILES string of the molecule is CCCCCN1CCC(CO)(NC)CC1. The molecule has 0 aliphatic carbocycles. The van der Waals surface area contributed by atoms with E-state index in [1.54, 1.807) is 0 Å². The number of nitrogens with zero attached hydrogens (tertiary/aromatic N) is 1. The Morgan fingerprint density at radius 2 is 1.93 bits per heavy atom. The largest absolute Gasteiger partial charge is 0.394 e. The van der Waals surface area contributed by atoms with Crippen molar-refractivity contribution in [1.82, 2.24) is 10.2 Å². The first-order chi connectivity index (χ1) is 7.26. The molecule has 0 aromatic heterocycles. The van der Waals surface area contributed by atoms with Crippen molar-refractivity contribution in [1.29, 1.82) is 0 Å². The second-order valence-electron chi connectivity index (χ2n) is 4.74. The van der Waals surface area contributed by atoms with Crippen molar-refractivity contribution in [2.24, 2.45) is 0 Å². The van der Waals surface area contributed by atoms with E-state index in [0.29, 0.717) is 0 Å². The molecule has 1 saturated heterocycles. The molecule has 0 unspecified atom stereocenters. The molecule has 1 aliphatic heterocycles. The van der Waals surface area contributed by atoms with E-state index in [-0.39, 0.29) is 12.1 Å². The highest BCUT2D eigenvalue weighted by Gasteiger charge is 2.31. The summed E-state index contributed by atoms with van der Waals surface area (Å²) < 4.78 is 0. The van der Waals surface area contributed by atoms with Crippen molar-refractivity contribution in [3.63, 3.8) is 0 Å². The Morgan fingerprint density at radius 3 is 2.40 bits per heavy atom. The first-order valence-electron chi connectivity index (χ1n) is 6.28. The number of aliphatic hydroxyl groups is 1. The van der Waals surface area contributed by atoms with Crippen LogP contribution in [0.5, 0.6) is 0 Å². The average Bonchev–Trinajstić information content (AvgIpc) is 2.31. The van der Waals surface area contributed by atoms with Crippen LogP contribution in [-0.4, -0.2) is 48.8 Å². The number of likely N-dealkylation sites (tertiary alicyclic amines) is 1. The van der Waals surface area contributed by atoms with Crippen molar-refractivity contribution in [3.05, 3.63) is 0 Å². The zero-order valence-corrected chi connectivity index (χ0v) is 10.3. The summed E-state index contributed by atoms with van der Waals surface area (Å²) in [6.07, 6.45) is 6.11. The lowest BCUT2D eigenvalue weighted by atomic mass is 9.88. The van der Waals surface area contributed by atoms with Crippen molar-refractivity contribution in [3.8, 4) is 0 Å². The fourth-order valence-electron chi connectivity index (χ4n) is 2.28. The maximum absolute atomic E-state index is 9.36. The van der Waals surface area contributed by atoms with E-state index in [4.69, 9.17) is 0 Å². The molecule has 0 atom stereocenters. The van der Waals surface area contributed by atoms with Crippen LogP contribution in [0.3, 0.4) is 0 Å². The minimum absolute atomic E-state index is 0.00125. The molecule has 3 heteroatoms. The molecule has 0 aromatic carbocycles. The third kappa shape index (κ3) is 3.74. The Labute approximate surface area is 93.9 Å². The summed E-state index contributed by atoms with van der Waals surface area (Å²) in [5.41, 5.74) is 0.00125. The molecular weight excluding hydrogens is 188 g/mol. The molecule has 0 saturated carbocycles. The number of hydrogen-bond donors (Lipinski definition) is 2. The predicted octanol–water partition coefficient (Wildman–Crippen LogP) is 1.22. The standard InChI is InChI=1S/C12H26N2O/c1-3-4-5-8-14-9-6-12(11-15,13-2)7-10-14/h13,15H,3-11H2,1-2H3. The minimum Gasteiger partial charge on any atom is -0.394 e. The van der Waals surface area contributed by atoms with Gasteiger partial charge < -0.3 is 15.3 Å². The van der Waals surface area contributed by atoms with Gasteiger partial charge in [-0.25, -0.2) is 0 Å². The van der Waals surface area contributed by atoms with Crippen LogP contribution in [-0.2, 0) is 0 Å². The highest BCUT2D eigenvalue weighted by atomic mass is 16.3. The van der Waals surface area contributed by atoms with Gasteiger partial charge in [0.05, 0.1) is 6.61 Å². The molecule has 0 amide bonds. The summed E-state index contributed by atoms with van der Waals surface area (Å²) in [7, 11) is 1.96. The Kier molecular flexibility index (Phi) is 5.58. The summed E-state index contributed by atoms with van der Waals surface area (Å²) in [6.45, 7) is 6.01. The van der Waals surface area contributed by atoms with Gasteiger partial charge in [0.15, 0.2) is 0 Å². The molecule has 90 valence electrons. The summed E-state index contributed by atoms with van der Waals surface area (Å²) in [5.74, 6) is 0. The number of nitrogens with one attached hydrogen (secondary N) is 1. The predicted molar refractivity (Wildman–Crippen MR) is 64.1 cm³/mol. The molecule has 1 fully saturated rings. The Balaban J connectivity index is 2.22. The van der Waals surface area contributed by atoms with Crippen LogP contribution in [0.15, 0.2) is 0 Å². The van der Waals surface area contributed by atoms with Crippen molar-refractivity contribution in [2.45, 2.75) is 44.6 Å². The Bertz CT molecular complexity index is 159. The van der Waals surface area contributed by atoms with Crippen LogP contribution in [0.25, 0.3) is 0 Å². The summed E-state index contributed by atoms with van der Waals surface area (Å²) in [5, 5.41) is 12.6. The van der Waals surface area contributed by atoms with E-state index in [2.05, 4.69) is 17.1 Å². The van der Waals surface area contributed by atoms with Gasteiger partial charge in [-0.3, -0.25) is 0 Å². The molecule has 15 heavy (non-hydrogen) atoms. The number of rotatable bonds is 6. The number of hydrogen-bond acceptors (Lipinski definition) is 3. The molecule has 1 rings (SSSR count). The maximum atomic E-state index is 9.36. The van der Waals surface area contributed by atoms with Gasteiger partial charge in [0, 0.05) is 5.54 Å². The van der Waals surface area contributed by atoms with Crippen LogP contribution >= 0.6 is 0 Å². The van der Waals surface area contributed by atoms with Crippen LogP contribution in [0.2, 0.25) is 0 Å². The van der Waals surface area contributed by atoms with Gasteiger partial charge in [-0.05, 0) is 45.9 Å². The number of piperidine rings is 1. The first kappa shape index (κ1) is 12.9. The second kappa shape index (κ2) is 6.46. The second-order valence-corrected chi connectivity index (χ2v) is 4.74. The van der Waals surface area contributed by atoms with E-state index in [0.717, 1.165) is 25.9 Å². The van der Waals surface area contributed by atoms with E-state index in [9.17, 15) is 5.11 Å². The van der Waals surface area contributed by atoms with E-state index >= 15 is 0 Å². The topological polar surface area (TPSA) is 35.5 Å². The number of aliphatic hydroxyl groups excluding tert-OH is 1. The van der Waals surface area contributed by atoms with Crippen LogP contribution < -0.4 is 5.32 Å². The van der Waals surface area contributed by atoms with Crippen LogP contribution in [0, 0.1) is 0 Å². The molecule has 0 radical (unpaired) electrons. The fraction of sp³-hybridized carbons (Fsp3) is 1.00. The van der Waals surface area contributed by atoms with Gasteiger partial charge >= 0.3 is 0 Å². The number of likely N-dealkylation sites (N-methyl/N-ethyl adjacent to an activating group) is 1. The van der Waals surface area contributed by atoms with Crippen LogP contribution in [0.1, 0.15) is 39.0 Å². The minimum atomic E-state index is 0.00125. The monoisotopic (exact) mass is 214 g/mol. The van der Waals surface area contributed by atoms with Gasteiger partial charge in [-0.2, -0.15) is 0 Å². The first-order valence-corrected chi connectivity index (χ1v) is 6.28.